The number of hydrogen-bond donors (Lipinski definition) is 1. The maximum atomic E-state index is 11.8. The zero-order valence-corrected chi connectivity index (χ0v) is 10.9. The van der Waals surface area contributed by atoms with Crippen LogP contribution in [-0.4, -0.2) is 30.4 Å². The molecule has 1 unspecified atom stereocenters. The molecule has 0 radical (unpaired) electrons. The molecule has 92 valence electrons. The summed E-state index contributed by atoms with van der Waals surface area (Å²) in [5.74, 6) is 0.180. The van der Waals surface area contributed by atoms with Crippen molar-refractivity contribution in [3.63, 3.8) is 0 Å². The second-order valence-corrected chi connectivity index (χ2v) is 4.98. The number of likely N-dealkylation sites (tertiary alicyclic amines) is 1. The Morgan fingerprint density at radius 1 is 1.53 bits per heavy atom. The number of halogens is 1. The predicted molar refractivity (Wildman–Crippen MR) is 69.0 cm³/mol. The van der Waals surface area contributed by atoms with Crippen LogP contribution in [0.3, 0.4) is 0 Å². The molecular weight excluding hydrogens is 236 g/mol. The van der Waals surface area contributed by atoms with Crippen LogP contribution in [0.1, 0.15) is 24.9 Å². The van der Waals surface area contributed by atoms with Crippen molar-refractivity contribution < 1.29 is 4.79 Å². The highest BCUT2D eigenvalue weighted by Crippen LogP contribution is 2.19. The van der Waals surface area contributed by atoms with Gasteiger partial charge in [-0.05, 0) is 31.0 Å². The first kappa shape index (κ1) is 12.4. The van der Waals surface area contributed by atoms with Gasteiger partial charge in [0, 0.05) is 24.7 Å². The molecule has 1 aliphatic heterocycles. The molecule has 1 heterocycles. The lowest BCUT2D eigenvalue weighted by Crippen LogP contribution is -2.38. The van der Waals surface area contributed by atoms with E-state index in [9.17, 15) is 4.79 Å². The Hall–Kier alpha value is -1.06. The van der Waals surface area contributed by atoms with Crippen molar-refractivity contribution in [1.29, 1.82) is 0 Å². The van der Waals surface area contributed by atoms with E-state index in [4.69, 9.17) is 11.6 Å². The van der Waals surface area contributed by atoms with E-state index < -0.39 is 0 Å². The largest absolute Gasteiger partial charge is 0.344 e. The van der Waals surface area contributed by atoms with Crippen LogP contribution < -0.4 is 5.32 Å². The van der Waals surface area contributed by atoms with Crippen LogP contribution >= 0.6 is 11.6 Å². The van der Waals surface area contributed by atoms with Crippen molar-refractivity contribution in [3.05, 3.63) is 34.9 Å². The molecule has 1 fully saturated rings. The summed E-state index contributed by atoms with van der Waals surface area (Å²) in [6, 6.07) is 7.81. The SMILES string of the molecule is C[C@@H](NC1CCN(C)C1=O)c1cccc(Cl)c1. The van der Waals surface area contributed by atoms with Gasteiger partial charge in [-0.2, -0.15) is 0 Å². The summed E-state index contributed by atoms with van der Waals surface area (Å²) >= 11 is 5.95. The van der Waals surface area contributed by atoms with Gasteiger partial charge in [-0.25, -0.2) is 0 Å². The molecule has 2 rings (SSSR count). The lowest BCUT2D eigenvalue weighted by Gasteiger charge is -2.19. The van der Waals surface area contributed by atoms with E-state index in [1.54, 1.807) is 4.90 Å². The highest BCUT2D eigenvalue weighted by Gasteiger charge is 2.29. The molecule has 3 nitrogen and oxygen atoms in total. The fourth-order valence-corrected chi connectivity index (χ4v) is 2.35. The van der Waals surface area contributed by atoms with Gasteiger partial charge in [0.2, 0.25) is 5.91 Å². The number of carbonyl (C=O) groups is 1. The van der Waals surface area contributed by atoms with E-state index in [1.807, 2.05) is 31.3 Å². The zero-order valence-electron chi connectivity index (χ0n) is 10.1. The number of carbonyl (C=O) groups excluding carboxylic acids is 1. The molecule has 1 saturated heterocycles. The quantitative estimate of drug-likeness (QED) is 0.895. The van der Waals surface area contributed by atoms with Crippen molar-refractivity contribution in [2.75, 3.05) is 13.6 Å². The third-order valence-electron chi connectivity index (χ3n) is 3.23. The van der Waals surface area contributed by atoms with Crippen molar-refractivity contribution in [1.82, 2.24) is 10.2 Å². The Bertz CT molecular complexity index is 422. The number of likely N-dealkylation sites (N-methyl/N-ethyl adjacent to an activating group) is 1. The molecule has 4 heteroatoms. The van der Waals surface area contributed by atoms with Crippen LogP contribution in [0.4, 0.5) is 0 Å². The average molecular weight is 253 g/mol. The Balaban J connectivity index is 2.02. The second-order valence-electron chi connectivity index (χ2n) is 4.54. The van der Waals surface area contributed by atoms with Crippen molar-refractivity contribution in [3.8, 4) is 0 Å². The summed E-state index contributed by atoms with van der Waals surface area (Å²) < 4.78 is 0. The first-order valence-electron chi connectivity index (χ1n) is 5.84. The van der Waals surface area contributed by atoms with Gasteiger partial charge in [-0.15, -0.1) is 0 Å². The molecule has 0 bridgehead atoms. The van der Waals surface area contributed by atoms with Gasteiger partial charge in [0.15, 0.2) is 0 Å². The number of nitrogens with one attached hydrogen (secondary N) is 1. The maximum Gasteiger partial charge on any atom is 0.239 e. The molecule has 1 aliphatic rings. The zero-order chi connectivity index (χ0) is 12.4. The number of nitrogens with zero attached hydrogens (tertiary/aromatic N) is 1. The van der Waals surface area contributed by atoms with Crippen molar-refractivity contribution in [2.24, 2.45) is 0 Å². The van der Waals surface area contributed by atoms with Crippen LogP contribution in [0.25, 0.3) is 0 Å². The molecule has 1 aromatic carbocycles. The number of rotatable bonds is 3. The highest BCUT2D eigenvalue weighted by molar-refractivity contribution is 6.30. The fraction of sp³-hybridized carbons (Fsp3) is 0.462. The summed E-state index contributed by atoms with van der Waals surface area (Å²) in [7, 11) is 1.84. The normalized spacial score (nSPS) is 21.9. The summed E-state index contributed by atoms with van der Waals surface area (Å²) in [6.45, 7) is 2.88. The minimum atomic E-state index is -0.0611. The molecule has 1 amide bonds. The second kappa shape index (κ2) is 5.07. The van der Waals surface area contributed by atoms with Gasteiger partial charge in [0.05, 0.1) is 6.04 Å². The first-order valence-corrected chi connectivity index (χ1v) is 6.22. The van der Waals surface area contributed by atoms with Crippen molar-refractivity contribution in [2.45, 2.75) is 25.4 Å². The maximum absolute atomic E-state index is 11.8. The molecule has 1 N–H and O–H groups in total. The Morgan fingerprint density at radius 2 is 2.29 bits per heavy atom. The van der Waals surface area contributed by atoms with Gasteiger partial charge in [0.1, 0.15) is 0 Å². The van der Waals surface area contributed by atoms with Crippen LogP contribution in [0.2, 0.25) is 5.02 Å². The first-order chi connectivity index (χ1) is 8.08. The highest BCUT2D eigenvalue weighted by atomic mass is 35.5. The number of benzene rings is 1. The molecule has 0 saturated carbocycles. The van der Waals surface area contributed by atoms with Crippen LogP contribution in [0.15, 0.2) is 24.3 Å². The smallest absolute Gasteiger partial charge is 0.239 e. The van der Waals surface area contributed by atoms with Crippen molar-refractivity contribution >= 4 is 17.5 Å². The molecule has 0 aromatic heterocycles. The molecule has 2 atom stereocenters. The summed E-state index contributed by atoms with van der Waals surface area (Å²) in [6.07, 6.45) is 0.875. The molecular formula is C13H17ClN2O. The lowest BCUT2D eigenvalue weighted by atomic mass is 10.1. The van der Waals surface area contributed by atoms with E-state index in [2.05, 4.69) is 12.2 Å². The minimum absolute atomic E-state index is 0.0611. The van der Waals surface area contributed by atoms with Gasteiger partial charge in [0.25, 0.3) is 0 Å². The monoisotopic (exact) mass is 252 g/mol. The van der Waals surface area contributed by atoms with E-state index in [0.717, 1.165) is 23.6 Å². The molecule has 0 aliphatic carbocycles. The number of hydrogen-bond acceptors (Lipinski definition) is 2. The van der Waals surface area contributed by atoms with Gasteiger partial charge in [-0.3, -0.25) is 10.1 Å². The lowest BCUT2D eigenvalue weighted by molar-refractivity contribution is -0.128. The topological polar surface area (TPSA) is 32.3 Å². The third-order valence-corrected chi connectivity index (χ3v) is 3.46. The summed E-state index contributed by atoms with van der Waals surface area (Å²) in [5, 5.41) is 4.08. The summed E-state index contributed by atoms with van der Waals surface area (Å²) in [5.41, 5.74) is 1.11. The van der Waals surface area contributed by atoms with Crippen LogP contribution in [0, 0.1) is 0 Å². The Morgan fingerprint density at radius 3 is 2.88 bits per heavy atom. The number of amides is 1. The molecule has 1 aromatic rings. The van der Waals surface area contributed by atoms with E-state index >= 15 is 0 Å². The average Bonchev–Trinajstić information content (AvgIpc) is 2.61. The molecule has 17 heavy (non-hydrogen) atoms. The van der Waals surface area contributed by atoms with E-state index in [-0.39, 0.29) is 18.0 Å². The van der Waals surface area contributed by atoms with Gasteiger partial charge < -0.3 is 4.90 Å². The van der Waals surface area contributed by atoms with E-state index in [0.29, 0.717) is 0 Å². The van der Waals surface area contributed by atoms with E-state index in [1.165, 1.54) is 0 Å². The minimum Gasteiger partial charge on any atom is -0.344 e. The van der Waals surface area contributed by atoms with Gasteiger partial charge in [-0.1, -0.05) is 23.7 Å². The predicted octanol–water partition coefficient (Wildman–Crippen LogP) is 2.22. The fourth-order valence-electron chi connectivity index (χ4n) is 2.15. The van der Waals surface area contributed by atoms with Crippen LogP contribution in [-0.2, 0) is 4.79 Å². The summed E-state index contributed by atoms with van der Waals surface area (Å²) in [4.78, 5) is 13.5. The van der Waals surface area contributed by atoms with Crippen LogP contribution in [0.5, 0.6) is 0 Å². The Labute approximate surface area is 107 Å². The van der Waals surface area contributed by atoms with Gasteiger partial charge >= 0.3 is 0 Å². The standard InChI is InChI=1S/C13H17ClN2O/c1-9(10-4-3-5-11(14)8-10)15-12-6-7-16(2)13(12)17/h3-5,8-9,12,15H,6-7H2,1-2H3/t9-,12?/m1/s1. The Kier molecular flexibility index (Phi) is 3.69. The third kappa shape index (κ3) is 2.79. The molecule has 0 spiro atoms.